The summed E-state index contributed by atoms with van der Waals surface area (Å²) in [6, 6.07) is 5.57. The van der Waals surface area contributed by atoms with Crippen molar-refractivity contribution in [3.05, 3.63) is 45.8 Å². The maximum absolute atomic E-state index is 6.14. The van der Waals surface area contributed by atoms with Crippen molar-refractivity contribution in [3.63, 3.8) is 0 Å². The van der Waals surface area contributed by atoms with Crippen molar-refractivity contribution in [2.24, 2.45) is 0 Å². The summed E-state index contributed by atoms with van der Waals surface area (Å²) in [7, 11) is 0. The van der Waals surface area contributed by atoms with Gasteiger partial charge in [0.1, 0.15) is 11.4 Å². The van der Waals surface area contributed by atoms with E-state index in [2.05, 4.69) is 14.9 Å². The Hall–Kier alpha value is -1.52. The summed E-state index contributed by atoms with van der Waals surface area (Å²) >= 11 is 12.2. The molecule has 0 spiro atoms. The second kappa shape index (κ2) is 4.30. The Morgan fingerprint density at radius 3 is 2.83 bits per heavy atom. The number of aryl methyl sites for hydroxylation is 1. The van der Waals surface area contributed by atoms with Crippen LogP contribution >= 0.6 is 23.2 Å². The molecule has 0 N–H and O–H groups in total. The lowest BCUT2D eigenvalue weighted by atomic mass is 10.2. The summed E-state index contributed by atoms with van der Waals surface area (Å²) < 4.78 is 6.70. The molecule has 0 saturated heterocycles. The second-order valence-corrected chi connectivity index (χ2v) is 4.90. The highest BCUT2D eigenvalue weighted by Crippen LogP contribution is 2.29. The number of rotatable bonds is 2. The van der Waals surface area contributed by atoms with Gasteiger partial charge in [-0.15, -0.1) is 0 Å². The monoisotopic (exact) mass is 281 g/mol. The molecule has 0 saturated carbocycles. The summed E-state index contributed by atoms with van der Waals surface area (Å²) in [5, 5.41) is 9.86. The maximum atomic E-state index is 6.14. The standard InChI is InChI=1S/C12H9Cl2N3O/c1-7-11(16-18-15-7)6-17-3-2-9-10(14)4-8(13)5-12(9)17/h2-5H,6H2,1H3. The molecular formula is C12H9Cl2N3O. The molecule has 3 rings (SSSR count). The van der Waals surface area contributed by atoms with E-state index in [-0.39, 0.29) is 0 Å². The lowest BCUT2D eigenvalue weighted by Gasteiger charge is -2.04. The molecule has 0 amide bonds. The summed E-state index contributed by atoms with van der Waals surface area (Å²) in [6.45, 7) is 2.44. The van der Waals surface area contributed by atoms with Crippen LogP contribution in [0.2, 0.25) is 10.0 Å². The molecule has 92 valence electrons. The molecule has 4 nitrogen and oxygen atoms in total. The van der Waals surface area contributed by atoms with Gasteiger partial charge >= 0.3 is 0 Å². The number of fused-ring (bicyclic) bond motifs is 1. The molecule has 3 aromatic rings. The Kier molecular flexibility index (Phi) is 2.76. The van der Waals surface area contributed by atoms with Gasteiger partial charge in [0.2, 0.25) is 0 Å². The Morgan fingerprint density at radius 1 is 1.28 bits per heavy atom. The van der Waals surface area contributed by atoms with Crippen LogP contribution in [0.25, 0.3) is 10.9 Å². The molecule has 0 aliphatic carbocycles. The number of hydrogen-bond donors (Lipinski definition) is 0. The van der Waals surface area contributed by atoms with Gasteiger partial charge in [-0.05, 0) is 25.1 Å². The number of benzene rings is 1. The summed E-state index contributed by atoms with van der Waals surface area (Å²) in [5.74, 6) is 0. The first-order chi connectivity index (χ1) is 8.65. The van der Waals surface area contributed by atoms with Gasteiger partial charge in [0, 0.05) is 16.6 Å². The lowest BCUT2D eigenvalue weighted by molar-refractivity contribution is 0.300. The van der Waals surface area contributed by atoms with Gasteiger partial charge in [-0.25, -0.2) is 4.63 Å². The largest absolute Gasteiger partial charge is 0.341 e. The summed E-state index contributed by atoms with van der Waals surface area (Å²) in [5.41, 5.74) is 2.54. The van der Waals surface area contributed by atoms with Crippen molar-refractivity contribution in [1.82, 2.24) is 14.9 Å². The molecule has 6 heteroatoms. The molecule has 0 aliphatic heterocycles. The fraction of sp³-hybridized carbons (Fsp3) is 0.167. The van der Waals surface area contributed by atoms with Crippen LogP contribution in [-0.4, -0.2) is 14.9 Å². The van der Waals surface area contributed by atoms with E-state index < -0.39 is 0 Å². The van der Waals surface area contributed by atoms with Gasteiger partial charge in [0.05, 0.1) is 17.1 Å². The molecule has 0 radical (unpaired) electrons. The van der Waals surface area contributed by atoms with E-state index in [1.807, 2.05) is 29.8 Å². The third-order valence-electron chi connectivity index (χ3n) is 2.87. The fourth-order valence-electron chi connectivity index (χ4n) is 1.91. The van der Waals surface area contributed by atoms with E-state index in [1.165, 1.54) is 0 Å². The van der Waals surface area contributed by atoms with Crippen LogP contribution in [0.3, 0.4) is 0 Å². The second-order valence-electron chi connectivity index (χ2n) is 4.06. The van der Waals surface area contributed by atoms with Crippen LogP contribution in [0.1, 0.15) is 11.4 Å². The van der Waals surface area contributed by atoms with E-state index in [9.17, 15) is 0 Å². The minimum absolute atomic E-state index is 0.579. The first-order valence-corrected chi connectivity index (χ1v) is 6.12. The zero-order valence-electron chi connectivity index (χ0n) is 9.52. The molecule has 18 heavy (non-hydrogen) atoms. The SMILES string of the molecule is Cc1nonc1Cn1ccc2c(Cl)cc(Cl)cc21. The highest BCUT2D eigenvalue weighted by molar-refractivity contribution is 6.38. The Labute approximate surface area is 113 Å². The minimum Gasteiger partial charge on any atom is -0.341 e. The lowest BCUT2D eigenvalue weighted by Crippen LogP contribution is -1.99. The third kappa shape index (κ3) is 1.87. The van der Waals surface area contributed by atoms with Crippen molar-refractivity contribution in [2.45, 2.75) is 13.5 Å². The smallest absolute Gasteiger partial charge is 0.127 e. The number of hydrogen-bond acceptors (Lipinski definition) is 3. The van der Waals surface area contributed by atoms with Crippen molar-refractivity contribution in [3.8, 4) is 0 Å². The van der Waals surface area contributed by atoms with Crippen molar-refractivity contribution >= 4 is 34.1 Å². The van der Waals surface area contributed by atoms with Gasteiger partial charge in [-0.2, -0.15) is 0 Å². The van der Waals surface area contributed by atoms with E-state index >= 15 is 0 Å². The fourth-order valence-corrected chi connectivity index (χ4v) is 2.46. The highest BCUT2D eigenvalue weighted by Gasteiger charge is 2.10. The summed E-state index contributed by atoms with van der Waals surface area (Å²) in [6.07, 6.45) is 1.95. The third-order valence-corrected chi connectivity index (χ3v) is 3.40. The quantitative estimate of drug-likeness (QED) is 0.720. The number of nitrogens with zero attached hydrogens (tertiary/aromatic N) is 3. The molecule has 2 aromatic heterocycles. The summed E-state index contributed by atoms with van der Waals surface area (Å²) in [4.78, 5) is 0. The van der Waals surface area contributed by atoms with Gasteiger partial charge in [0.15, 0.2) is 0 Å². The predicted octanol–water partition coefficient (Wildman–Crippen LogP) is 3.69. The normalized spacial score (nSPS) is 11.3. The molecule has 0 atom stereocenters. The van der Waals surface area contributed by atoms with Crippen LogP contribution in [0.5, 0.6) is 0 Å². The van der Waals surface area contributed by atoms with Gasteiger partial charge in [-0.3, -0.25) is 0 Å². The molecule has 0 unspecified atom stereocenters. The Morgan fingerprint density at radius 2 is 2.11 bits per heavy atom. The number of halogens is 2. The van der Waals surface area contributed by atoms with Crippen LogP contribution in [0.4, 0.5) is 0 Å². The Balaban J connectivity index is 2.10. The maximum Gasteiger partial charge on any atom is 0.127 e. The zero-order chi connectivity index (χ0) is 12.7. The average molecular weight is 282 g/mol. The van der Waals surface area contributed by atoms with Crippen LogP contribution < -0.4 is 0 Å². The van der Waals surface area contributed by atoms with E-state index in [4.69, 9.17) is 23.2 Å². The molecular weight excluding hydrogens is 273 g/mol. The van der Waals surface area contributed by atoms with E-state index in [1.54, 1.807) is 6.07 Å². The average Bonchev–Trinajstić information content (AvgIpc) is 2.88. The van der Waals surface area contributed by atoms with Crippen molar-refractivity contribution < 1.29 is 4.63 Å². The highest BCUT2D eigenvalue weighted by atomic mass is 35.5. The zero-order valence-corrected chi connectivity index (χ0v) is 11.0. The first-order valence-electron chi connectivity index (χ1n) is 5.37. The van der Waals surface area contributed by atoms with E-state index in [0.29, 0.717) is 16.6 Å². The van der Waals surface area contributed by atoms with E-state index in [0.717, 1.165) is 22.3 Å². The topological polar surface area (TPSA) is 43.9 Å². The minimum atomic E-state index is 0.579. The number of aromatic nitrogens is 3. The van der Waals surface area contributed by atoms with Gasteiger partial charge in [-0.1, -0.05) is 33.5 Å². The first kappa shape index (κ1) is 11.6. The van der Waals surface area contributed by atoms with Crippen molar-refractivity contribution in [1.29, 1.82) is 0 Å². The van der Waals surface area contributed by atoms with Gasteiger partial charge < -0.3 is 4.57 Å². The van der Waals surface area contributed by atoms with Gasteiger partial charge in [0.25, 0.3) is 0 Å². The molecule has 1 aromatic carbocycles. The predicted molar refractivity (Wildman–Crippen MR) is 70.1 cm³/mol. The van der Waals surface area contributed by atoms with Crippen molar-refractivity contribution in [2.75, 3.05) is 0 Å². The molecule has 0 fully saturated rings. The van der Waals surface area contributed by atoms with Crippen LogP contribution in [0.15, 0.2) is 29.0 Å². The molecule has 0 aliphatic rings. The molecule has 0 bridgehead atoms. The van der Waals surface area contributed by atoms with Crippen LogP contribution in [-0.2, 0) is 6.54 Å². The van der Waals surface area contributed by atoms with Crippen LogP contribution in [0, 0.1) is 6.92 Å². The molecule has 2 heterocycles. The Bertz CT molecular complexity index is 717.